The summed E-state index contributed by atoms with van der Waals surface area (Å²) in [5, 5.41) is 0.378. The first-order valence-electron chi connectivity index (χ1n) is 12.1. The van der Waals surface area contributed by atoms with Gasteiger partial charge in [-0.05, 0) is 36.6 Å². The van der Waals surface area contributed by atoms with Crippen LogP contribution in [0.1, 0.15) is 54.6 Å². The first-order chi connectivity index (χ1) is 16.9. The van der Waals surface area contributed by atoms with Gasteiger partial charge in [0.05, 0.1) is 11.7 Å². The number of furan rings is 1. The molecule has 0 spiro atoms. The highest BCUT2D eigenvalue weighted by Crippen LogP contribution is 2.45. The number of imide groups is 1. The highest BCUT2D eigenvalue weighted by molar-refractivity contribution is 6.32. The number of amides is 4. The Morgan fingerprint density at radius 3 is 2.31 bits per heavy atom. The van der Waals surface area contributed by atoms with Crippen molar-refractivity contribution in [1.29, 1.82) is 0 Å². The smallest absolute Gasteiger partial charge is 0.289 e. The maximum absolute atomic E-state index is 13.9. The molecule has 1 aromatic heterocycles. The molecule has 3 aliphatic rings. The quantitative estimate of drug-likeness (QED) is 0.591. The molecule has 2 aromatic rings. The molecule has 5 rings (SSSR count). The van der Waals surface area contributed by atoms with Crippen molar-refractivity contribution in [3.8, 4) is 0 Å². The molecule has 1 saturated carbocycles. The Balaban J connectivity index is 1.36. The van der Waals surface area contributed by atoms with Crippen molar-refractivity contribution in [1.82, 2.24) is 14.7 Å². The number of hydrogen-bond acceptors (Lipinski definition) is 5. The molecule has 0 N–H and O–H groups in total. The van der Waals surface area contributed by atoms with Crippen LogP contribution in [0.5, 0.6) is 0 Å². The van der Waals surface area contributed by atoms with Gasteiger partial charge in [-0.25, -0.2) is 0 Å². The van der Waals surface area contributed by atoms with Crippen LogP contribution in [-0.4, -0.2) is 70.5 Å². The molecule has 1 aromatic carbocycles. The number of hydrogen-bond donors (Lipinski definition) is 0. The van der Waals surface area contributed by atoms with E-state index in [-0.39, 0.29) is 48.3 Å². The molecule has 3 heterocycles. The lowest BCUT2D eigenvalue weighted by molar-refractivity contribution is -0.145. The minimum atomic E-state index is -1.31. The first-order valence-corrected chi connectivity index (χ1v) is 12.5. The lowest BCUT2D eigenvalue weighted by atomic mass is 9.75. The van der Waals surface area contributed by atoms with Crippen LogP contribution in [0, 0.1) is 0 Å². The van der Waals surface area contributed by atoms with Crippen molar-refractivity contribution in [2.75, 3.05) is 26.2 Å². The Morgan fingerprint density at radius 2 is 1.66 bits per heavy atom. The zero-order valence-corrected chi connectivity index (χ0v) is 20.2. The number of likely N-dealkylation sites (tertiary alicyclic amines) is 1. The van der Waals surface area contributed by atoms with Crippen LogP contribution < -0.4 is 0 Å². The van der Waals surface area contributed by atoms with Crippen LogP contribution >= 0.6 is 11.6 Å². The zero-order valence-electron chi connectivity index (χ0n) is 19.5. The second kappa shape index (κ2) is 9.49. The van der Waals surface area contributed by atoms with E-state index in [4.69, 9.17) is 16.0 Å². The number of carbonyl (C=O) groups excluding carboxylic acids is 4. The molecule has 8 nitrogen and oxygen atoms in total. The van der Waals surface area contributed by atoms with Crippen LogP contribution in [-0.2, 0) is 19.8 Å². The van der Waals surface area contributed by atoms with E-state index in [1.807, 2.05) is 0 Å². The van der Waals surface area contributed by atoms with Crippen molar-refractivity contribution >= 4 is 35.2 Å². The SMILES string of the molecule is O=C(C[C@]1(c2ccccc2Cl)CC(=O)N(C2CCCC2)C1=O)N1CCN(C(=O)c2ccco2)CC1. The summed E-state index contributed by atoms with van der Waals surface area (Å²) in [7, 11) is 0. The zero-order chi connectivity index (χ0) is 24.6. The number of carbonyl (C=O) groups is 4. The van der Waals surface area contributed by atoms with Gasteiger partial charge in [0.15, 0.2) is 5.76 Å². The molecule has 35 heavy (non-hydrogen) atoms. The van der Waals surface area contributed by atoms with Crippen molar-refractivity contribution in [3.05, 3.63) is 59.0 Å². The summed E-state index contributed by atoms with van der Waals surface area (Å²) in [6.07, 6.45) is 4.84. The molecule has 2 saturated heterocycles. The minimum absolute atomic E-state index is 0.0608. The van der Waals surface area contributed by atoms with Crippen LogP contribution in [0.4, 0.5) is 0 Å². The number of benzene rings is 1. The average Bonchev–Trinajstić information content (AvgIpc) is 3.62. The van der Waals surface area contributed by atoms with Gasteiger partial charge in [0.25, 0.3) is 5.91 Å². The maximum atomic E-state index is 13.9. The van der Waals surface area contributed by atoms with Crippen LogP contribution in [0.15, 0.2) is 47.1 Å². The van der Waals surface area contributed by atoms with E-state index >= 15 is 0 Å². The molecule has 1 aliphatic carbocycles. The summed E-state index contributed by atoms with van der Waals surface area (Å²) < 4.78 is 5.20. The fraction of sp³-hybridized carbons (Fsp3) is 0.462. The van der Waals surface area contributed by atoms with E-state index in [1.54, 1.807) is 46.2 Å². The molecular weight excluding hydrogens is 470 g/mol. The van der Waals surface area contributed by atoms with E-state index in [1.165, 1.54) is 11.2 Å². The maximum Gasteiger partial charge on any atom is 0.289 e. The van der Waals surface area contributed by atoms with Crippen molar-refractivity contribution in [2.45, 2.75) is 50.0 Å². The van der Waals surface area contributed by atoms with Crippen molar-refractivity contribution in [3.63, 3.8) is 0 Å². The molecule has 4 amide bonds. The molecule has 0 radical (unpaired) electrons. The molecule has 3 fully saturated rings. The van der Waals surface area contributed by atoms with Crippen LogP contribution in [0.2, 0.25) is 5.02 Å². The van der Waals surface area contributed by atoms with E-state index in [9.17, 15) is 19.2 Å². The number of rotatable bonds is 5. The first kappa shape index (κ1) is 23.6. The fourth-order valence-corrected chi connectivity index (χ4v) is 5.99. The summed E-state index contributed by atoms with van der Waals surface area (Å²) >= 11 is 6.53. The molecule has 184 valence electrons. The van der Waals surface area contributed by atoms with Crippen LogP contribution in [0.25, 0.3) is 0 Å². The monoisotopic (exact) mass is 497 g/mol. The Kier molecular flexibility index (Phi) is 6.40. The third kappa shape index (κ3) is 4.24. The van der Waals surface area contributed by atoms with Gasteiger partial charge in [0.2, 0.25) is 17.7 Å². The summed E-state index contributed by atoms with van der Waals surface area (Å²) in [4.78, 5) is 57.8. The normalized spacial score (nSPS) is 23.4. The molecule has 0 unspecified atom stereocenters. The Bertz CT molecular complexity index is 1140. The van der Waals surface area contributed by atoms with E-state index in [0.29, 0.717) is 36.8 Å². The Labute approximate surface area is 208 Å². The van der Waals surface area contributed by atoms with Gasteiger partial charge in [-0.1, -0.05) is 42.6 Å². The van der Waals surface area contributed by atoms with Crippen molar-refractivity contribution < 1.29 is 23.6 Å². The highest BCUT2D eigenvalue weighted by Gasteiger charge is 2.56. The minimum Gasteiger partial charge on any atom is -0.459 e. The molecule has 9 heteroatoms. The van der Waals surface area contributed by atoms with E-state index in [0.717, 1.165) is 25.7 Å². The Morgan fingerprint density at radius 1 is 0.971 bits per heavy atom. The molecule has 2 aliphatic heterocycles. The third-order valence-electron chi connectivity index (χ3n) is 7.53. The summed E-state index contributed by atoms with van der Waals surface area (Å²) in [5.41, 5.74) is -0.781. The number of piperazine rings is 1. The Hall–Kier alpha value is -3.13. The van der Waals surface area contributed by atoms with Crippen molar-refractivity contribution in [2.24, 2.45) is 0 Å². The third-order valence-corrected chi connectivity index (χ3v) is 7.86. The van der Waals surface area contributed by atoms with Gasteiger partial charge in [0.1, 0.15) is 0 Å². The van der Waals surface area contributed by atoms with Gasteiger partial charge in [-0.3, -0.25) is 24.1 Å². The summed E-state index contributed by atoms with van der Waals surface area (Å²) in [6, 6.07) is 10.2. The molecule has 0 bridgehead atoms. The topological polar surface area (TPSA) is 91.1 Å². The molecule has 1 atom stereocenters. The fourth-order valence-electron chi connectivity index (χ4n) is 5.67. The second-order valence-electron chi connectivity index (χ2n) is 9.57. The predicted molar refractivity (Wildman–Crippen MR) is 128 cm³/mol. The predicted octanol–water partition coefficient (Wildman–Crippen LogP) is 3.25. The average molecular weight is 498 g/mol. The molecular formula is C26H28ClN3O5. The van der Waals surface area contributed by atoms with Gasteiger partial charge in [-0.15, -0.1) is 0 Å². The summed E-state index contributed by atoms with van der Waals surface area (Å²) in [6.45, 7) is 1.42. The number of nitrogens with zero attached hydrogens (tertiary/aromatic N) is 3. The van der Waals surface area contributed by atoms with E-state index in [2.05, 4.69) is 0 Å². The van der Waals surface area contributed by atoms with Crippen LogP contribution in [0.3, 0.4) is 0 Å². The van der Waals surface area contributed by atoms with Gasteiger partial charge >= 0.3 is 0 Å². The lowest BCUT2D eigenvalue weighted by Gasteiger charge is -2.36. The largest absolute Gasteiger partial charge is 0.459 e. The lowest BCUT2D eigenvalue weighted by Crippen LogP contribution is -2.52. The van der Waals surface area contributed by atoms with E-state index < -0.39 is 5.41 Å². The standard InChI is InChI=1S/C26H28ClN3O5/c27-20-9-4-3-8-19(20)26(17-23(32)30(25(26)34)18-6-1-2-7-18)16-22(31)28-11-13-29(14-12-28)24(33)21-10-5-15-35-21/h3-5,8-10,15,18H,1-2,6-7,11-14,16-17H2/t26-/m1/s1. The highest BCUT2D eigenvalue weighted by atomic mass is 35.5. The van der Waals surface area contributed by atoms with Gasteiger partial charge in [-0.2, -0.15) is 0 Å². The summed E-state index contributed by atoms with van der Waals surface area (Å²) in [5.74, 6) is -0.710. The van der Waals surface area contributed by atoms with Gasteiger partial charge in [0, 0.05) is 50.1 Å². The van der Waals surface area contributed by atoms with Gasteiger partial charge < -0.3 is 14.2 Å². The second-order valence-corrected chi connectivity index (χ2v) is 9.98. The number of halogens is 1.